The van der Waals surface area contributed by atoms with Crippen LogP contribution in [0, 0.1) is 17.6 Å². The van der Waals surface area contributed by atoms with Gasteiger partial charge < -0.3 is 15.0 Å². The van der Waals surface area contributed by atoms with Crippen LogP contribution in [-0.4, -0.2) is 31.1 Å². The second-order valence-corrected chi connectivity index (χ2v) is 7.03. The van der Waals surface area contributed by atoms with Gasteiger partial charge in [0, 0.05) is 24.8 Å². The highest BCUT2D eigenvalue weighted by Crippen LogP contribution is 2.36. The van der Waals surface area contributed by atoms with Gasteiger partial charge in [0.25, 0.3) is 0 Å². The number of benzene rings is 2. The van der Waals surface area contributed by atoms with E-state index in [1.807, 2.05) is 23.1 Å². The molecule has 1 aromatic heterocycles. The Morgan fingerprint density at radius 1 is 1.27 bits per heavy atom. The topological polar surface area (TPSA) is 54.5 Å². The molecule has 0 radical (unpaired) electrons. The number of fused-ring (bicyclic) bond motifs is 1. The summed E-state index contributed by atoms with van der Waals surface area (Å²) in [5, 5.41) is 3.45. The number of ether oxygens (including phenoxy) is 1. The highest BCUT2D eigenvalue weighted by molar-refractivity contribution is 7.22. The fourth-order valence-corrected chi connectivity index (χ4v) is 3.83. The lowest BCUT2D eigenvalue weighted by atomic mass is 10.00. The molecule has 1 aliphatic rings. The number of methoxy groups -OCH3 is 1. The van der Waals surface area contributed by atoms with Gasteiger partial charge in [0.15, 0.2) is 16.8 Å². The fraction of sp³-hybridized carbons (Fsp3) is 0.222. The van der Waals surface area contributed by atoms with Crippen molar-refractivity contribution >= 4 is 38.3 Å². The van der Waals surface area contributed by atoms with Crippen LogP contribution in [0.5, 0.6) is 5.75 Å². The minimum absolute atomic E-state index is 0.217. The Morgan fingerprint density at radius 2 is 2.08 bits per heavy atom. The average molecular weight is 375 g/mol. The maximum atomic E-state index is 13.2. The summed E-state index contributed by atoms with van der Waals surface area (Å²) < 4.78 is 32.5. The molecule has 1 aliphatic heterocycles. The van der Waals surface area contributed by atoms with E-state index in [1.165, 1.54) is 6.07 Å². The van der Waals surface area contributed by atoms with Crippen molar-refractivity contribution in [3.05, 3.63) is 48.0 Å². The molecule has 3 aromatic rings. The van der Waals surface area contributed by atoms with Crippen LogP contribution in [0.4, 0.5) is 19.6 Å². The van der Waals surface area contributed by atoms with Crippen LogP contribution in [0.1, 0.15) is 0 Å². The van der Waals surface area contributed by atoms with Crippen LogP contribution in [-0.2, 0) is 4.79 Å². The Kier molecular flexibility index (Phi) is 4.20. The third kappa shape index (κ3) is 2.96. The first kappa shape index (κ1) is 16.7. The molecule has 134 valence electrons. The van der Waals surface area contributed by atoms with Crippen molar-refractivity contribution in [2.75, 3.05) is 30.4 Å². The van der Waals surface area contributed by atoms with Crippen molar-refractivity contribution in [3.8, 4) is 5.75 Å². The monoisotopic (exact) mass is 375 g/mol. The Balaban J connectivity index is 1.42. The predicted octanol–water partition coefficient (Wildman–Crippen LogP) is 3.66. The van der Waals surface area contributed by atoms with Gasteiger partial charge in [-0.25, -0.2) is 13.8 Å². The van der Waals surface area contributed by atoms with Crippen LogP contribution >= 0.6 is 11.3 Å². The summed E-state index contributed by atoms with van der Waals surface area (Å²) in [5.41, 5.74) is 1.06. The summed E-state index contributed by atoms with van der Waals surface area (Å²) in [6, 6.07) is 9.06. The molecule has 0 saturated carbocycles. The van der Waals surface area contributed by atoms with E-state index in [0.29, 0.717) is 13.1 Å². The number of thiazole rings is 1. The lowest BCUT2D eigenvalue weighted by Gasteiger charge is -2.37. The van der Waals surface area contributed by atoms with Gasteiger partial charge in [-0.15, -0.1) is 0 Å². The summed E-state index contributed by atoms with van der Waals surface area (Å²) >= 11 is 1.54. The van der Waals surface area contributed by atoms with Crippen molar-refractivity contribution in [1.29, 1.82) is 0 Å². The van der Waals surface area contributed by atoms with Gasteiger partial charge >= 0.3 is 0 Å². The minimum Gasteiger partial charge on any atom is -0.494 e. The number of halogens is 2. The van der Waals surface area contributed by atoms with Crippen LogP contribution in [0.2, 0.25) is 0 Å². The molecule has 0 atom stereocenters. The SMILES string of the molecule is COc1cccc2sc(N3CC(C(=O)Nc4ccc(F)c(F)c4)C3)nc12. The van der Waals surface area contributed by atoms with Gasteiger partial charge in [-0.3, -0.25) is 4.79 Å². The lowest BCUT2D eigenvalue weighted by Crippen LogP contribution is -2.52. The first-order chi connectivity index (χ1) is 12.5. The quantitative estimate of drug-likeness (QED) is 0.756. The molecule has 26 heavy (non-hydrogen) atoms. The number of carbonyl (C=O) groups excluding carboxylic acids is 1. The number of anilines is 2. The van der Waals surface area contributed by atoms with Gasteiger partial charge in [-0.2, -0.15) is 0 Å². The van der Waals surface area contributed by atoms with E-state index in [0.717, 1.165) is 33.2 Å². The maximum absolute atomic E-state index is 13.2. The van der Waals surface area contributed by atoms with E-state index >= 15 is 0 Å². The molecule has 0 unspecified atom stereocenters. The first-order valence-electron chi connectivity index (χ1n) is 7.99. The van der Waals surface area contributed by atoms with Crippen LogP contribution in [0.3, 0.4) is 0 Å². The van der Waals surface area contributed by atoms with Gasteiger partial charge in [-0.1, -0.05) is 17.4 Å². The zero-order chi connectivity index (χ0) is 18.3. The standard InChI is InChI=1S/C18H15F2N3O2S/c1-25-14-3-2-4-15-16(14)22-18(26-15)23-8-10(9-23)17(24)21-11-5-6-12(19)13(20)7-11/h2-7,10H,8-9H2,1H3,(H,21,24). The molecule has 5 nitrogen and oxygen atoms in total. The third-order valence-corrected chi connectivity index (χ3v) is 5.38. The second-order valence-electron chi connectivity index (χ2n) is 6.02. The highest BCUT2D eigenvalue weighted by atomic mass is 32.1. The smallest absolute Gasteiger partial charge is 0.231 e. The minimum atomic E-state index is -0.985. The number of amides is 1. The Bertz CT molecular complexity index is 986. The number of nitrogens with zero attached hydrogens (tertiary/aromatic N) is 2. The summed E-state index contributed by atoms with van der Waals surface area (Å²) in [7, 11) is 1.61. The van der Waals surface area contributed by atoms with Gasteiger partial charge in [0.05, 0.1) is 17.7 Å². The number of nitrogens with one attached hydrogen (secondary N) is 1. The molecule has 1 N–H and O–H groups in total. The largest absolute Gasteiger partial charge is 0.494 e. The average Bonchev–Trinajstić information content (AvgIpc) is 3.00. The van der Waals surface area contributed by atoms with Gasteiger partial charge in [0.2, 0.25) is 5.91 Å². The predicted molar refractivity (Wildman–Crippen MR) is 96.9 cm³/mol. The van der Waals surface area contributed by atoms with Crippen molar-refractivity contribution in [2.45, 2.75) is 0 Å². The maximum Gasteiger partial charge on any atom is 0.231 e. The molecule has 4 rings (SSSR count). The number of rotatable bonds is 4. The Morgan fingerprint density at radius 3 is 2.81 bits per heavy atom. The molecule has 1 fully saturated rings. The summed E-state index contributed by atoms with van der Waals surface area (Å²) in [6.07, 6.45) is 0. The molecule has 2 aromatic carbocycles. The van der Waals surface area contributed by atoms with E-state index in [-0.39, 0.29) is 17.5 Å². The van der Waals surface area contributed by atoms with Gasteiger partial charge in [0.1, 0.15) is 11.3 Å². The summed E-state index contributed by atoms with van der Waals surface area (Å²) in [4.78, 5) is 18.9. The van der Waals surface area contributed by atoms with Crippen LogP contribution < -0.4 is 15.0 Å². The number of hydrogen-bond donors (Lipinski definition) is 1. The normalized spacial score (nSPS) is 14.3. The van der Waals surface area contributed by atoms with E-state index in [9.17, 15) is 13.6 Å². The van der Waals surface area contributed by atoms with E-state index in [1.54, 1.807) is 18.4 Å². The summed E-state index contributed by atoms with van der Waals surface area (Å²) in [6.45, 7) is 1.05. The molecule has 1 saturated heterocycles. The molecular weight excluding hydrogens is 360 g/mol. The van der Waals surface area contributed by atoms with Crippen molar-refractivity contribution in [2.24, 2.45) is 5.92 Å². The van der Waals surface area contributed by atoms with E-state index in [2.05, 4.69) is 10.3 Å². The fourth-order valence-electron chi connectivity index (χ4n) is 2.83. The molecule has 2 heterocycles. The number of carbonyl (C=O) groups is 1. The lowest BCUT2D eigenvalue weighted by molar-refractivity contribution is -0.120. The highest BCUT2D eigenvalue weighted by Gasteiger charge is 2.34. The van der Waals surface area contributed by atoms with E-state index in [4.69, 9.17) is 4.74 Å². The van der Waals surface area contributed by atoms with Crippen molar-refractivity contribution < 1.29 is 18.3 Å². The van der Waals surface area contributed by atoms with Crippen LogP contribution in [0.15, 0.2) is 36.4 Å². The number of aromatic nitrogens is 1. The molecule has 1 amide bonds. The molecule has 8 heteroatoms. The molecule has 0 aliphatic carbocycles. The third-order valence-electron chi connectivity index (χ3n) is 4.30. The molecule has 0 spiro atoms. The van der Waals surface area contributed by atoms with Crippen LogP contribution in [0.25, 0.3) is 10.2 Å². The molecular formula is C18H15F2N3O2S. The zero-order valence-electron chi connectivity index (χ0n) is 13.8. The van der Waals surface area contributed by atoms with E-state index < -0.39 is 11.6 Å². The first-order valence-corrected chi connectivity index (χ1v) is 8.81. The van der Waals surface area contributed by atoms with Crippen molar-refractivity contribution in [1.82, 2.24) is 4.98 Å². The zero-order valence-corrected chi connectivity index (χ0v) is 14.6. The summed E-state index contributed by atoms with van der Waals surface area (Å²) in [5.74, 6) is -1.65. The Hall–Kier alpha value is -2.74. The molecule has 0 bridgehead atoms. The Labute approximate surface area is 152 Å². The van der Waals surface area contributed by atoms with Crippen molar-refractivity contribution in [3.63, 3.8) is 0 Å². The van der Waals surface area contributed by atoms with Gasteiger partial charge in [-0.05, 0) is 24.3 Å². The number of para-hydroxylation sites is 1. The number of hydrogen-bond acceptors (Lipinski definition) is 5. The second kappa shape index (κ2) is 6.53.